The molecule has 0 unspecified atom stereocenters. The maximum atomic E-state index is 12.1. The van der Waals surface area contributed by atoms with Gasteiger partial charge in [-0.25, -0.2) is 4.79 Å². The van der Waals surface area contributed by atoms with Gasteiger partial charge in [-0.1, -0.05) is 35.3 Å². The summed E-state index contributed by atoms with van der Waals surface area (Å²) >= 11 is 13.4. The quantitative estimate of drug-likeness (QED) is 0.622. The second-order valence-electron chi connectivity index (χ2n) is 4.45. The maximum absolute atomic E-state index is 12.1. The van der Waals surface area contributed by atoms with Crippen LogP contribution in [-0.4, -0.2) is 24.7 Å². The third-order valence-corrected chi connectivity index (χ3v) is 4.70. The molecule has 7 heteroatoms. The van der Waals surface area contributed by atoms with E-state index < -0.39 is 5.97 Å². The monoisotopic (exact) mass is 369 g/mol. The van der Waals surface area contributed by atoms with Gasteiger partial charge in [-0.2, -0.15) is 0 Å². The van der Waals surface area contributed by atoms with Gasteiger partial charge in [0.05, 0.1) is 34.2 Å². The third kappa shape index (κ3) is 4.89. The van der Waals surface area contributed by atoms with Gasteiger partial charge in [0.1, 0.15) is 0 Å². The number of carbonyl (C=O) groups is 2. The highest BCUT2D eigenvalue weighted by molar-refractivity contribution is 8.00. The summed E-state index contributed by atoms with van der Waals surface area (Å²) in [6, 6.07) is 11.8. The standard InChI is InChI=1S/C16H13Cl2NO3S/c1-22-16(21)10-6-7-11(17)13(8-10)19-15(20)9-23-14-5-3-2-4-12(14)18/h2-8H,9H2,1H3,(H,19,20). The molecule has 2 aromatic carbocycles. The third-order valence-electron chi connectivity index (χ3n) is 2.86. The summed E-state index contributed by atoms with van der Waals surface area (Å²) in [7, 11) is 1.29. The number of ether oxygens (including phenoxy) is 1. The normalized spacial score (nSPS) is 10.2. The fraction of sp³-hybridized carbons (Fsp3) is 0.125. The highest BCUT2D eigenvalue weighted by Crippen LogP contribution is 2.27. The number of methoxy groups -OCH3 is 1. The van der Waals surface area contributed by atoms with Crippen molar-refractivity contribution in [1.29, 1.82) is 0 Å². The second kappa shape index (κ2) is 8.24. The van der Waals surface area contributed by atoms with Crippen LogP contribution in [0.5, 0.6) is 0 Å². The van der Waals surface area contributed by atoms with Crippen LogP contribution < -0.4 is 5.32 Å². The zero-order valence-corrected chi connectivity index (χ0v) is 14.5. The Balaban J connectivity index is 2.02. The Morgan fingerprint density at radius 2 is 1.87 bits per heavy atom. The number of halogens is 2. The van der Waals surface area contributed by atoms with Crippen LogP contribution in [-0.2, 0) is 9.53 Å². The van der Waals surface area contributed by atoms with Crippen molar-refractivity contribution in [2.75, 3.05) is 18.2 Å². The molecule has 23 heavy (non-hydrogen) atoms. The summed E-state index contributed by atoms with van der Waals surface area (Å²) in [6.45, 7) is 0. The van der Waals surface area contributed by atoms with E-state index in [1.165, 1.54) is 37.1 Å². The summed E-state index contributed by atoms with van der Waals surface area (Å²) in [6.07, 6.45) is 0. The van der Waals surface area contributed by atoms with E-state index in [9.17, 15) is 9.59 Å². The van der Waals surface area contributed by atoms with E-state index in [0.717, 1.165) is 4.90 Å². The Labute approximate surface area is 148 Å². The smallest absolute Gasteiger partial charge is 0.337 e. The molecule has 0 radical (unpaired) electrons. The van der Waals surface area contributed by atoms with Gasteiger partial charge in [-0.05, 0) is 30.3 Å². The van der Waals surface area contributed by atoms with Crippen molar-refractivity contribution in [3.8, 4) is 0 Å². The van der Waals surface area contributed by atoms with Gasteiger partial charge >= 0.3 is 5.97 Å². The molecule has 0 aliphatic carbocycles. The second-order valence-corrected chi connectivity index (χ2v) is 6.29. The van der Waals surface area contributed by atoms with E-state index in [4.69, 9.17) is 23.2 Å². The minimum absolute atomic E-state index is 0.169. The summed E-state index contributed by atoms with van der Waals surface area (Å²) in [4.78, 5) is 24.4. The van der Waals surface area contributed by atoms with Crippen LogP contribution in [0.4, 0.5) is 5.69 Å². The molecule has 4 nitrogen and oxygen atoms in total. The molecule has 0 aliphatic heterocycles. The maximum Gasteiger partial charge on any atom is 0.337 e. The van der Waals surface area contributed by atoms with E-state index in [0.29, 0.717) is 21.3 Å². The molecule has 2 rings (SSSR count). The lowest BCUT2D eigenvalue weighted by Crippen LogP contribution is -2.15. The number of rotatable bonds is 5. The van der Waals surface area contributed by atoms with Crippen molar-refractivity contribution >= 4 is 52.5 Å². The summed E-state index contributed by atoms with van der Waals surface area (Å²) in [5, 5.41) is 3.61. The lowest BCUT2D eigenvalue weighted by atomic mass is 10.2. The van der Waals surface area contributed by atoms with Crippen LogP contribution in [0.25, 0.3) is 0 Å². The van der Waals surface area contributed by atoms with Crippen molar-refractivity contribution in [3.05, 3.63) is 58.1 Å². The molecular formula is C16H13Cl2NO3S. The average Bonchev–Trinajstić information content (AvgIpc) is 2.55. The highest BCUT2D eigenvalue weighted by Gasteiger charge is 2.12. The molecule has 0 heterocycles. The first-order valence-corrected chi connectivity index (χ1v) is 8.30. The van der Waals surface area contributed by atoms with E-state index in [1.54, 1.807) is 6.07 Å². The molecule has 0 saturated heterocycles. The first kappa shape index (κ1) is 17.7. The molecule has 0 saturated carbocycles. The molecule has 120 valence electrons. The van der Waals surface area contributed by atoms with Crippen molar-refractivity contribution in [2.24, 2.45) is 0 Å². The topological polar surface area (TPSA) is 55.4 Å². The van der Waals surface area contributed by atoms with Crippen LogP contribution in [0.2, 0.25) is 10.0 Å². The largest absolute Gasteiger partial charge is 0.465 e. The number of amides is 1. The fourth-order valence-corrected chi connectivity index (χ4v) is 2.96. The van der Waals surface area contributed by atoms with Crippen molar-refractivity contribution in [2.45, 2.75) is 4.90 Å². The van der Waals surface area contributed by atoms with E-state index in [1.807, 2.05) is 18.2 Å². The SMILES string of the molecule is COC(=O)c1ccc(Cl)c(NC(=O)CSc2ccccc2Cl)c1. The van der Waals surface area contributed by atoms with Crippen LogP contribution >= 0.6 is 35.0 Å². The Bertz CT molecular complexity index is 737. The molecule has 0 aromatic heterocycles. The number of anilines is 1. The number of thioether (sulfide) groups is 1. The highest BCUT2D eigenvalue weighted by atomic mass is 35.5. The minimum Gasteiger partial charge on any atom is -0.465 e. The lowest BCUT2D eigenvalue weighted by molar-refractivity contribution is -0.113. The van der Waals surface area contributed by atoms with Crippen LogP contribution in [0, 0.1) is 0 Å². The Hall–Kier alpha value is -1.69. The van der Waals surface area contributed by atoms with E-state index in [2.05, 4.69) is 10.1 Å². The zero-order valence-electron chi connectivity index (χ0n) is 12.1. The van der Waals surface area contributed by atoms with Crippen molar-refractivity contribution in [3.63, 3.8) is 0 Å². The Kier molecular flexibility index (Phi) is 6.33. The lowest BCUT2D eigenvalue weighted by Gasteiger charge is -2.09. The van der Waals surface area contributed by atoms with E-state index in [-0.39, 0.29) is 11.7 Å². The predicted molar refractivity (Wildman–Crippen MR) is 93.6 cm³/mol. The van der Waals surface area contributed by atoms with Crippen LogP contribution in [0.3, 0.4) is 0 Å². The van der Waals surface area contributed by atoms with Gasteiger partial charge in [0, 0.05) is 4.90 Å². The molecule has 0 spiro atoms. The van der Waals surface area contributed by atoms with Gasteiger partial charge in [0.25, 0.3) is 0 Å². The zero-order chi connectivity index (χ0) is 16.8. The van der Waals surface area contributed by atoms with Gasteiger partial charge in [0.15, 0.2) is 0 Å². The molecule has 0 fully saturated rings. The summed E-state index contributed by atoms with van der Waals surface area (Å²) in [5.74, 6) is -0.580. The number of esters is 1. The molecule has 0 aliphatic rings. The molecule has 0 bridgehead atoms. The number of benzene rings is 2. The molecule has 1 amide bonds. The first-order valence-electron chi connectivity index (χ1n) is 6.56. The molecule has 1 N–H and O–H groups in total. The molecule has 0 atom stereocenters. The van der Waals surface area contributed by atoms with E-state index >= 15 is 0 Å². The van der Waals surface area contributed by atoms with Gasteiger partial charge < -0.3 is 10.1 Å². The van der Waals surface area contributed by atoms with Gasteiger partial charge in [-0.3, -0.25) is 4.79 Å². The number of hydrogen-bond donors (Lipinski definition) is 1. The van der Waals surface area contributed by atoms with Gasteiger partial charge in [-0.15, -0.1) is 11.8 Å². The van der Waals surface area contributed by atoms with Gasteiger partial charge in [0.2, 0.25) is 5.91 Å². The van der Waals surface area contributed by atoms with Crippen LogP contribution in [0.1, 0.15) is 10.4 Å². The number of carbonyl (C=O) groups excluding carboxylic acids is 2. The number of hydrogen-bond acceptors (Lipinski definition) is 4. The van der Waals surface area contributed by atoms with Crippen molar-refractivity contribution < 1.29 is 14.3 Å². The average molecular weight is 370 g/mol. The summed E-state index contributed by atoms with van der Waals surface area (Å²) < 4.78 is 4.64. The summed E-state index contributed by atoms with van der Waals surface area (Å²) in [5.41, 5.74) is 0.672. The fourth-order valence-electron chi connectivity index (χ4n) is 1.76. The first-order chi connectivity index (χ1) is 11.0. The Morgan fingerprint density at radius 3 is 2.57 bits per heavy atom. The van der Waals surface area contributed by atoms with Crippen LogP contribution in [0.15, 0.2) is 47.4 Å². The molecule has 2 aromatic rings. The minimum atomic E-state index is -0.498. The van der Waals surface area contributed by atoms with Crippen molar-refractivity contribution in [1.82, 2.24) is 0 Å². The number of nitrogens with one attached hydrogen (secondary N) is 1. The predicted octanol–water partition coefficient (Wildman–Crippen LogP) is 4.51. The Morgan fingerprint density at radius 1 is 1.13 bits per heavy atom. The molecular weight excluding hydrogens is 357 g/mol.